The lowest BCUT2D eigenvalue weighted by Gasteiger charge is -2.31. The number of anilines is 1. The van der Waals surface area contributed by atoms with Crippen LogP contribution in [-0.2, 0) is 4.79 Å². The summed E-state index contributed by atoms with van der Waals surface area (Å²) in [5.41, 5.74) is 1.04. The van der Waals surface area contributed by atoms with Gasteiger partial charge in [-0.1, -0.05) is 24.6 Å². The molecule has 1 aromatic carbocycles. The van der Waals surface area contributed by atoms with Crippen LogP contribution in [0, 0.1) is 0 Å². The van der Waals surface area contributed by atoms with Gasteiger partial charge in [0.05, 0.1) is 0 Å². The van der Waals surface area contributed by atoms with E-state index in [9.17, 15) is 4.79 Å². The fourth-order valence-corrected chi connectivity index (χ4v) is 3.07. The van der Waals surface area contributed by atoms with E-state index in [2.05, 4.69) is 4.90 Å². The zero-order valence-electron chi connectivity index (χ0n) is 10.7. The molecule has 0 aromatic heterocycles. The van der Waals surface area contributed by atoms with Gasteiger partial charge in [0.1, 0.15) is 0 Å². The fourth-order valence-electron chi connectivity index (χ4n) is 3.07. The Hall–Kier alpha value is -1.35. The second-order valence-electron chi connectivity index (χ2n) is 5.29. The Morgan fingerprint density at radius 3 is 2.44 bits per heavy atom. The Labute approximate surface area is 108 Å². The van der Waals surface area contributed by atoms with E-state index in [1.807, 2.05) is 35.2 Å². The van der Waals surface area contributed by atoms with Crippen molar-refractivity contribution >= 4 is 11.6 Å². The molecule has 0 aliphatic carbocycles. The standard InChI is InChI=1S/C15H20N2O/c18-15-11-14(16-9-5-2-6-10-16)12-17(15)13-7-3-1-4-8-13/h1,3-4,7-8,14H,2,5-6,9-12H2/t14-/m0/s1. The number of piperidine rings is 1. The number of hydrogen-bond acceptors (Lipinski definition) is 2. The van der Waals surface area contributed by atoms with Gasteiger partial charge in [-0.05, 0) is 38.1 Å². The van der Waals surface area contributed by atoms with Crippen LogP contribution in [-0.4, -0.2) is 36.5 Å². The quantitative estimate of drug-likeness (QED) is 0.797. The summed E-state index contributed by atoms with van der Waals surface area (Å²) in [4.78, 5) is 16.6. The molecule has 0 N–H and O–H groups in total. The van der Waals surface area contributed by atoms with Crippen molar-refractivity contribution in [2.75, 3.05) is 24.5 Å². The molecule has 96 valence electrons. The van der Waals surface area contributed by atoms with Crippen molar-refractivity contribution in [3.8, 4) is 0 Å². The highest BCUT2D eigenvalue weighted by atomic mass is 16.2. The molecule has 3 nitrogen and oxygen atoms in total. The second-order valence-corrected chi connectivity index (χ2v) is 5.29. The van der Waals surface area contributed by atoms with E-state index in [4.69, 9.17) is 0 Å². The molecule has 2 fully saturated rings. The molecule has 0 radical (unpaired) electrons. The number of likely N-dealkylation sites (tertiary alicyclic amines) is 1. The Bertz CT molecular complexity index is 412. The van der Waals surface area contributed by atoms with Gasteiger partial charge in [0, 0.05) is 24.7 Å². The number of benzene rings is 1. The molecule has 3 rings (SSSR count). The first kappa shape index (κ1) is 11.7. The predicted octanol–water partition coefficient (Wildman–Crippen LogP) is 2.28. The van der Waals surface area contributed by atoms with Gasteiger partial charge in [0.2, 0.25) is 5.91 Å². The van der Waals surface area contributed by atoms with Gasteiger partial charge in [0.25, 0.3) is 0 Å². The molecule has 18 heavy (non-hydrogen) atoms. The third kappa shape index (κ3) is 2.27. The van der Waals surface area contributed by atoms with Gasteiger partial charge in [-0.25, -0.2) is 0 Å². The Balaban J connectivity index is 1.70. The molecular weight excluding hydrogens is 224 g/mol. The van der Waals surface area contributed by atoms with Gasteiger partial charge in [-0.15, -0.1) is 0 Å². The molecule has 1 aromatic rings. The van der Waals surface area contributed by atoms with Crippen molar-refractivity contribution in [1.29, 1.82) is 0 Å². The van der Waals surface area contributed by atoms with Crippen molar-refractivity contribution in [1.82, 2.24) is 4.90 Å². The third-order valence-corrected chi connectivity index (χ3v) is 4.08. The molecule has 2 aliphatic heterocycles. The summed E-state index contributed by atoms with van der Waals surface area (Å²) in [6, 6.07) is 10.5. The van der Waals surface area contributed by atoms with Gasteiger partial charge in [-0.3, -0.25) is 9.69 Å². The minimum atomic E-state index is 0.275. The molecule has 2 heterocycles. The molecule has 3 heteroatoms. The highest BCUT2D eigenvalue weighted by Gasteiger charge is 2.34. The minimum Gasteiger partial charge on any atom is -0.311 e. The molecule has 0 spiro atoms. The summed E-state index contributed by atoms with van der Waals surface area (Å²) in [5.74, 6) is 0.275. The zero-order valence-corrected chi connectivity index (χ0v) is 10.7. The van der Waals surface area contributed by atoms with Crippen molar-refractivity contribution in [2.45, 2.75) is 31.7 Å². The van der Waals surface area contributed by atoms with E-state index >= 15 is 0 Å². The molecule has 0 unspecified atom stereocenters. The van der Waals surface area contributed by atoms with Crippen LogP contribution in [0.25, 0.3) is 0 Å². The van der Waals surface area contributed by atoms with Crippen molar-refractivity contribution in [3.05, 3.63) is 30.3 Å². The van der Waals surface area contributed by atoms with Crippen LogP contribution in [0.4, 0.5) is 5.69 Å². The van der Waals surface area contributed by atoms with Gasteiger partial charge >= 0.3 is 0 Å². The van der Waals surface area contributed by atoms with E-state index in [-0.39, 0.29) is 5.91 Å². The predicted molar refractivity (Wildman–Crippen MR) is 72.6 cm³/mol. The maximum absolute atomic E-state index is 12.1. The second kappa shape index (κ2) is 5.11. The van der Waals surface area contributed by atoms with Crippen LogP contribution < -0.4 is 4.90 Å². The lowest BCUT2D eigenvalue weighted by molar-refractivity contribution is -0.117. The topological polar surface area (TPSA) is 23.6 Å². The largest absolute Gasteiger partial charge is 0.311 e. The monoisotopic (exact) mass is 244 g/mol. The zero-order chi connectivity index (χ0) is 12.4. The van der Waals surface area contributed by atoms with Crippen LogP contribution in [0.5, 0.6) is 0 Å². The van der Waals surface area contributed by atoms with Gasteiger partial charge < -0.3 is 4.90 Å². The first-order valence-corrected chi connectivity index (χ1v) is 6.94. The van der Waals surface area contributed by atoms with E-state index in [1.54, 1.807) is 0 Å². The van der Waals surface area contributed by atoms with E-state index in [1.165, 1.54) is 32.4 Å². The van der Waals surface area contributed by atoms with Gasteiger partial charge in [-0.2, -0.15) is 0 Å². The summed E-state index contributed by atoms with van der Waals surface area (Å²) in [5, 5.41) is 0. The van der Waals surface area contributed by atoms with E-state index < -0.39 is 0 Å². The Morgan fingerprint density at radius 2 is 1.72 bits per heavy atom. The summed E-state index contributed by atoms with van der Waals surface area (Å²) in [6.07, 6.45) is 4.61. The summed E-state index contributed by atoms with van der Waals surface area (Å²) in [6.45, 7) is 3.20. The smallest absolute Gasteiger partial charge is 0.228 e. The molecule has 2 aliphatic rings. The first-order valence-electron chi connectivity index (χ1n) is 6.94. The lowest BCUT2D eigenvalue weighted by Crippen LogP contribution is -2.40. The number of hydrogen-bond donors (Lipinski definition) is 0. The van der Waals surface area contributed by atoms with Gasteiger partial charge in [0.15, 0.2) is 0 Å². The SMILES string of the molecule is O=C1C[C@H](N2CCCCC2)CN1c1ccccc1. The highest BCUT2D eigenvalue weighted by Crippen LogP contribution is 2.25. The van der Waals surface area contributed by atoms with Crippen LogP contribution in [0.15, 0.2) is 30.3 Å². The highest BCUT2D eigenvalue weighted by molar-refractivity contribution is 5.96. The number of para-hydroxylation sites is 1. The Morgan fingerprint density at radius 1 is 1.00 bits per heavy atom. The minimum absolute atomic E-state index is 0.275. The van der Waals surface area contributed by atoms with E-state index in [0.717, 1.165) is 12.2 Å². The fraction of sp³-hybridized carbons (Fsp3) is 0.533. The molecule has 1 atom stereocenters. The van der Waals surface area contributed by atoms with E-state index in [0.29, 0.717) is 12.5 Å². The number of amides is 1. The maximum Gasteiger partial charge on any atom is 0.228 e. The number of carbonyl (C=O) groups excluding carboxylic acids is 1. The first-order chi connectivity index (χ1) is 8.84. The molecule has 0 saturated carbocycles. The average Bonchev–Trinajstić information content (AvgIpc) is 2.83. The van der Waals surface area contributed by atoms with Crippen LogP contribution in [0.1, 0.15) is 25.7 Å². The molecule has 2 saturated heterocycles. The number of carbonyl (C=O) groups is 1. The van der Waals surface area contributed by atoms with Crippen molar-refractivity contribution in [2.24, 2.45) is 0 Å². The molecule has 0 bridgehead atoms. The maximum atomic E-state index is 12.1. The summed E-state index contributed by atoms with van der Waals surface area (Å²) >= 11 is 0. The third-order valence-electron chi connectivity index (χ3n) is 4.08. The average molecular weight is 244 g/mol. The normalized spacial score (nSPS) is 25.7. The molecule has 1 amide bonds. The number of rotatable bonds is 2. The summed E-state index contributed by atoms with van der Waals surface area (Å²) in [7, 11) is 0. The molecular formula is C15H20N2O. The lowest BCUT2D eigenvalue weighted by atomic mass is 10.1. The van der Waals surface area contributed by atoms with Crippen LogP contribution >= 0.6 is 0 Å². The van der Waals surface area contributed by atoms with Crippen molar-refractivity contribution < 1.29 is 4.79 Å². The van der Waals surface area contributed by atoms with Crippen molar-refractivity contribution in [3.63, 3.8) is 0 Å². The number of nitrogens with zero attached hydrogens (tertiary/aromatic N) is 2. The van der Waals surface area contributed by atoms with Crippen LogP contribution in [0.3, 0.4) is 0 Å². The van der Waals surface area contributed by atoms with Crippen LogP contribution in [0.2, 0.25) is 0 Å². The summed E-state index contributed by atoms with van der Waals surface area (Å²) < 4.78 is 0. The Kier molecular flexibility index (Phi) is 3.33.